The Hall–Kier alpha value is -3.21. The van der Waals surface area contributed by atoms with Gasteiger partial charge in [0.15, 0.2) is 5.76 Å². The number of carbonyl (C=O) groups excluding carboxylic acids is 1. The predicted octanol–water partition coefficient (Wildman–Crippen LogP) is 4.77. The minimum atomic E-state index is -0.173. The Morgan fingerprint density at radius 2 is 2.04 bits per heavy atom. The molecule has 0 fully saturated rings. The van der Waals surface area contributed by atoms with Gasteiger partial charge in [-0.3, -0.25) is 4.79 Å². The summed E-state index contributed by atoms with van der Waals surface area (Å²) in [5.41, 5.74) is 5.07. The van der Waals surface area contributed by atoms with Crippen LogP contribution in [0.5, 0.6) is 5.75 Å². The highest BCUT2D eigenvalue weighted by Crippen LogP contribution is 2.27. The van der Waals surface area contributed by atoms with Crippen molar-refractivity contribution in [3.05, 3.63) is 65.0 Å². The summed E-state index contributed by atoms with van der Waals surface area (Å²) in [6.07, 6.45) is 3.67. The van der Waals surface area contributed by atoms with E-state index in [4.69, 9.17) is 9.15 Å². The zero-order valence-corrected chi connectivity index (χ0v) is 16.4. The van der Waals surface area contributed by atoms with E-state index < -0.39 is 0 Å². The normalized spacial score (nSPS) is 11.2. The average Bonchev–Trinajstić information content (AvgIpc) is 3.28. The number of furan rings is 1. The highest BCUT2D eigenvalue weighted by molar-refractivity contribution is 5.99. The largest absolute Gasteiger partial charge is 0.497 e. The van der Waals surface area contributed by atoms with Gasteiger partial charge in [-0.1, -0.05) is 13.0 Å². The summed E-state index contributed by atoms with van der Waals surface area (Å²) in [6.45, 7) is 4.59. The van der Waals surface area contributed by atoms with Gasteiger partial charge in [0.05, 0.1) is 7.11 Å². The highest BCUT2D eigenvalue weighted by Gasteiger charge is 2.17. The Bertz CT molecular complexity index is 1150. The lowest BCUT2D eigenvalue weighted by molar-refractivity contribution is 0.0928. The van der Waals surface area contributed by atoms with Crippen LogP contribution in [0.3, 0.4) is 0 Å². The van der Waals surface area contributed by atoms with Crippen molar-refractivity contribution in [3.63, 3.8) is 0 Å². The van der Waals surface area contributed by atoms with E-state index >= 15 is 0 Å². The van der Waals surface area contributed by atoms with Gasteiger partial charge in [0.2, 0.25) is 0 Å². The number of benzene rings is 2. The molecule has 4 rings (SSSR count). The molecule has 1 amide bonds. The first-order valence-corrected chi connectivity index (χ1v) is 9.55. The average molecular weight is 376 g/mol. The van der Waals surface area contributed by atoms with Crippen LogP contribution in [0.15, 0.2) is 47.0 Å². The van der Waals surface area contributed by atoms with Crippen LogP contribution in [0.2, 0.25) is 0 Å². The standard InChI is InChI=1S/C23H24N2O3/c1-4-15-5-8-21-19(11-15)14(2)22(28-21)23(26)24-10-9-16-13-25-20-12-17(27-3)6-7-18(16)20/h5-8,11-13,25H,4,9-10H2,1-3H3,(H,24,26). The lowest BCUT2D eigenvalue weighted by atomic mass is 10.1. The fraction of sp³-hybridized carbons (Fsp3) is 0.261. The topological polar surface area (TPSA) is 67.3 Å². The Balaban J connectivity index is 1.46. The third-order valence-corrected chi connectivity index (χ3v) is 5.27. The van der Waals surface area contributed by atoms with Crippen LogP contribution in [-0.2, 0) is 12.8 Å². The van der Waals surface area contributed by atoms with Crippen LogP contribution in [-0.4, -0.2) is 24.5 Å². The summed E-state index contributed by atoms with van der Waals surface area (Å²) in [6, 6.07) is 12.0. The number of fused-ring (bicyclic) bond motifs is 2. The predicted molar refractivity (Wildman–Crippen MR) is 111 cm³/mol. The highest BCUT2D eigenvalue weighted by atomic mass is 16.5. The van der Waals surface area contributed by atoms with Gasteiger partial charge < -0.3 is 19.5 Å². The number of aromatic nitrogens is 1. The monoisotopic (exact) mass is 376 g/mol. The number of amides is 1. The molecule has 5 nitrogen and oxygen atoms in total. The van der Waals surface area contributed by atoms with E-state index in [-0.39, 0.29) is 5.91 Å². The molecule has 5 heteroatoms. The molecule has 0 unspecified atom stereocenters. The number of hydrogen-bond acceptors (Lipinski definition) is 3. The molecule has 0 saturated carbocycles. The fourth-order valence-corrected chi connectivity index (χ4v) is 3.59. The summed E-state index contributed by atoms with van der Waals surface area (Å²) in [7, 11) is 1.66. The Kier molecular flexibility index (Phi) is 4.82. The van der Waals surface area contributed by atoms with E-state index in [0.717, 1.165) is 51.6 Å². The van der Waals surface area contributed by atoms with Gasteiger partial charge in [-0.25, -0.2) is 0 Å². The van der Waals surface area contributed by atoms with E-state index in [1.807, 2.05) is 43.5 Å². The maximum Gasteiger partial charge on any atom is 0.287 e. The van der Waals surface area contributed by atoms with Crippen molar-refractivity contribution in [3.8, 4) is 5.75 Å². The van der Waals surface area contributed by atoms with Gasteiger partial charge >= 0.3 is 0 Å². The van der Waals surface area contributed by atoms with Gasteiger partial charge in [-0.2, -0.15) is 0 Å². The van der Waals surface area contributed by atoms with Crippen molar-refractivity contribution in [2.75, 3.05) is 13.7 Å². The van der Waals surface area contributed by atoms with E-state index in [9.17, 15) is 4.79 Å². The molecule has 0 saturated heterocycles. The van der Waals surface area contributed by atoms with E-state index in [1.54, 1.807) is 7.11 Å². The van der Waals surface area contributed by atoms with Crippen LogP contribution < -0.4 is 10.1 Å². The fourth-order valence-electron chi connectivity index (χ4n) is 3.59. The zero-order chi connectivity index (χ0) is 19.7. The van der Waals surface area contributed by atoms with Crippen molar-refractivity contribution in [2.45, 2.75) is 26.7 Å². The van der Waals surface area contributed by atoms with E-state index in [1.165, 1.54) is 5.56 Å². The number of aromatic amines is 1. The van der Waals surface area contributed by atoms with Gasteiger partial charge in [0.25, 0.3) is 5.91 Å². The number of carbonyl (C=O) groups is 1. The molecule has 0 aliphatic carbocycles. The number of aryl methyl sites for hydroxylation is 2. The summed E-state index contributed by atoms with van der Waals surface area (Å²) < 4.78 is 11.1. The number of methoxy groups -OCH3 is 1. The van der Waals surface area contributed by atoms with Crippen LogP contribution >= 0.6 is 0 Å². The first-order chi connectivity index (χ1) is 13.6. The van der Waals surface area contributed by atoms with Crippen molar-refractivity contribution in [2.24, 2.45) is 0 Å². The molecule has 2 N–H and O–H groups in total. The maximum atomic E-state index is 12.6. The molecule has 28 heavy (non-hydrogen) atoms. The number of rotatable bonds is 6. The van der Waals surface area contributed by atoms with Crippen molar-refractivity contribution < 1.29 is 13.9 Å². The molecule has 2 heterocycles. The lowest BCUT2D eigenvalue weighted by Gasteiger charge is -2.04. The first-order valence-electron chi connectivity index (χ1n) is 9.55. The summed E-state index contributed by atoms with van der Waals surface area (Å²) in [4.78, 5) is 15.9. The second kappa shape index (κ2) is 7.43. The smallest absolute Gasteiger partial charge is 0.287 e. The van der Waals surface area contributed by atoms with E-state index in [0.29, 0.717) is 12.3 Å². The molecule has 0 bridgehead atoms. The Morgan fingerprint density at radius 3 is 2.82 bits per heavy atom. The van der Waals surface area contributed by atoms with E-state index in [2.05, 4.69) is 23.3 Å². The van der Waals surface area contributed by atoms with Gasteiger partial charge in [0, 0.05) is 40.7 Å². The van der Waals surface area contributed by atoms with Gasteiger partial charge in [0.1, 0.15) is 11.3 Å². The molecule has 2 aromatic heterocycles. The van der Waals surface area contributed by atoms with Crippen LogP contribution in [0.25, 0.3) is 21.9 Å². The summed E-state index contributed by atoms with van der Waals surface area (Å²) in [5, 5.41) is 5.13. The molecule has 0 radical (unpaired) electrons. The molecule has 144 valence electrons. The van der Waals surface area contributed by atoms with Crippen molar-refractivity contribution >= 4 is 27.8 Å². The van der Waals surface area contributed by atoms with Gasteiger partial charge in [-0.05, 0) is 55.2 Å². The molecule has 2 aromatic carbocycles. The lowest BCUT2D eigenvalue weighted by Crippen LogP contribution is -2.25. The number of ether oxygens (including phenoxy) is 1. The second-order valence-corrected chi connectivity index (χ2v) is 6.97. The summed E-state index contributed by atoms with van der Waals surface area (Å²) in [5.74, 6) is 1.04. The minimum Gasteiger partial charge on any atom is -0.497 e. The first kappa shape index (κ1) is 18.2. The molecule has 0 spiro atoms. The zero-order valence-electron chi connectivity index (χ0n) is 16.4. The minimum absolute atomic E-state index is 0.173. The van der Waals surface area contributed by atoms with Crippen molar-refractivity contribution in [1.82, 2.24) is 10.3 Å². The third-order valence-electron chi connectivity index (χ3n) is 5.27. The molecule has 0 atom stereocenters. The molecule has 0 aliphatic heterocycles. The number of nitrogens with one attached hydrogen (secondary N) is 2. The second-order valence-electron chi connectivity index (χ2n) is 6.97. The van der Waals surface area contributed by atoms with Crippen LogP contribution in [0.1, 0.15) is 34.2 Å². The maximum absolute atomic E-state index is 12.6. The number of hydrogen-bond donors (Lipinski definition) is 2. The molecule has 0 aliphatic rings. The van der Waals surface area contributed by atoms with Crippen LogP contribution in [0, 0.1) is 6.92 Å². The quantitative estimate of drug-likeness (QED) is 0.509. The van der Waals surface area contributed by atoms with Gasteiger partial charge in [-0.15, -0.1) is 0 Å². The van der Waals surface area contributed by atoms with Crippen LogP contribution in [0.4, 0.5) is 0 Å². The Morgan fingerprint density at radius 1 is 1.18 bits per heavy atom. The number of H-pyrrole nitrogens is 1. The SMILES string of the molecule is CCc1ccc2oc(C(=O)NCCc3c[nH]c4cc(OC)ccc34)c(C)c2c1. The Labute approximate surface area is 163 Å². The third kappa shape index (κ3) is 3.24. The molecular weight excluding hydrogens is 352 g/mol. The summed E-state index contributed by atoms with van der Waals surface area (Å²) >= 11 is 0. The van der Waals surface area contributed by atoms with Crippen molar-refractivity contribution in [1.29, 1.82) is 0 Å². The molecular formula is C23H24N2O3. The molecule has 4 aromatic rings.